The van der Waals surface area contributed by atoms with E-state index in [1.807, 2.05) is 0 Å². The van der Waals surface area contributed by atoms with Gasteiger partial charge in [-0.2, -0.15) is 0 Å². The number of benzene rings is 2. The molecule has 0 aliphatic carbocycles. The minimum absolute atomic E-state index is 0.00783. The van der Waals surface area contributed by atoms with Crippen molar-refractivity contribution in [3.63, 3.8) is 0 Å². The van der Waals surface area contributed by atoms with E-state index in [1.165, 1.54) is 33.5 Å². The number of methoxy groups -OCH3 is 3. The van der Waals surface area contributed by atoms with E-state index in [9.17, 15) is 25.2 Å². The third-order valence-corrected chi connectivity index (χ3v) is 4.02. The number of aromatic hydroxyl groups is 4. The Kier molecular flexibility index (Phi) is 4.36. The zero-order chi connectivity index (χ0) is 19.9. The fourth-order valence-electron chi connectivity index (χ4n) is 2.70. The largest absolute Gasteiger partial charge is 0.504 e. The van der Waals surface area contributed by atoms with Crippen LogP contribution in [0.15, 0.2) is 27.4 Å². The first-order valence-corrected chi connectivity index (χ1v) is 7.58. The normalized spacial score (nSPS) is 10.8. The van der Waals surface area contributed by atoms with Gasteiger partial charge in [0.15, 0.2) is 28.3 Å². The molecule has 4 N–H and O–H groups in total. The molecule has 9 nitrogen and oxygen atoms in total. The van der Waals surface area contributed by atoms with Crippen LogP contribution in [0.3, 0.4) is 0 Å². The van der Waals surface area contributed by atoms with Crippen LogP contribution in [-0.4, -0.2) is 41.8 Å². The Morgan fingerprint density at radius 2 is 1.33 bits per heavy atom. The summed E-state index contributed by atoms with van der Waals surface area (Å²) in [5, 5.41) is 38.7. The van der Waals surface area contributed by atoms with Gasteiger partial charge >= 0.3 is 0 Å². The maximum Gasteiger partial charge on any atom is 0.208 e. The van der Waals surface area contributed by atoms with Gasteiger partial charge in [-0.15, -0.1) is 0 Å². The molecule has 0 amide bonds. The molecule has 0 saturated heterocycles. The predicted octanol–water partition coefficient (Wildman–Crippen LogP) is 2.31. The van der Waals surface area contributed by atoms with Crippen molar-refractivity contribution in [3.8, 4) is 51.6 Å². The van der Waals surface area contributed by atoms with E-state index < -0.39 is 39.4 Å². The van der Waals surface area contributed by atoms with Crippen LogP contribution in [0, 0.1) is 0 Å². The molecule has 1 aromatic heterocycles. The molecule has 3 rings (SSSR count). The van der Waals surface area contributed by atoms with Crippen LogP contribution >= 0.6 is 0 Å². The summed E-state index contributed by atoms with van der Waals surface area (Å²) in [4.78, 5) is 12.4. The molecule has 3 aromatic rings. The molecule has 0 saturated carbocycles. The Morgan fingerprint density at radius 3 is 1.85 bits per heavy atom. The summed E-state index contributed by atoms with van der Waals surface area (Å²) in [6.45, 7) is 0. The summed E-state index contributed by atoms with van der Waals surface area (Å²) in [5.74, 6) is -2.89. The lowest BCUT2D eigenvalue weighted by Gasteiger charge is -2.14. The molecule has 0 spiro atoms. The van der Waals surface area contributed by atoms with Gasteiger partial charge in [0.25, 0.3) is 0 Å². The van der Waals surface area contributed by atoms with Crippen molar-refractivity contribution < 1.29 is 39.1 Å². The van der Waals surface area contributed by atoms with Crippen LogP contribution < -0.4 is 19.6 Å². The molecule has 0 unspecified atom stereocenters. The topological polar surface area (TPSA) is 139 Å². The smallest absolute Gasteiger partial charge is 0.208 e. The maximum atomic E-state index is 12.4. The Morgan fingerprint density at radius 1 is 0.778 bits per heavy atom. The van der Waals surface area contributed by atoms with Crippen molar-refractivity contribution in [1.82, 2.24) is 0 Å². The van der Waals surface area contributed by atoms with Gasteiger partial charge in [0.05, 0.1) is 21.3 Å². The number of hydrogen-bond acceptors (Lipinski definition) is 9. The molecule has 0 radical (unpaired) electrons. The molecular weight excluding hydrogens is 360 g/mol. The summed E-state index contributed by atoms with van der Waals surface area (Å²) in [6.07, 6.45) is 0. The summed E-state index contributed by atoms with van der Waals surface area (Å²) in [5.41, 5.74) is -0.892. The van der Waals surface area contributed by atoms with Crippen molar-refractivity contribution in [2.24, 2.45) is 0 Å². The minimum atomic E-state index is -1.02. The highest BCUT2D eigenvalue weighted by molar-refractivity contribution is 5.94. The van der Waals surface area contributed by atoms with Gasteiger partial charge in [-0.25, -0.2) is 0 Å². The van der Waals surface area contributed by atoms with Gasteiger partial charge in [0.1, 0.15) is 11.1 Å². The number of fused-ring (bicyclic) bond motifs is 1. The van der Waals surface area contributed by atoms with E-state index in [2.05, 4.69) is 0 Å². The maximum absolute atomic E-state index is 12.4. The third-order valence-electron chi connectivity index (χ3n) is 4.02. The molecule has 2 aromatic carbocycles. The van der Waals surface area contributed by atoms with Gasteiger partial charge in [-0.3, -0.25) is 4.79 Å². The first-order valence-electron chi connectivity index (χ1n) is 7.58. The SMILES string of the molecule is COc1cc(-c2cc(=O)c3c(O)c(O)c(O)c(O)c3o2)cc(OC)c1OC. The molecule has 0 atom stereocenters. The van der Waals surface area contributed by atoms with E-state index >= 15 is 0 Å². The lowest BCUT2D eigenvalue weighted by Crippen LogP contribution is -2.02. The van der Waals surface area contributed by atoms with Gasteiger partial charge in [-0.1, -0.05) is 0 Å². The van der Waals surface area contributed by atoms with Crippen molar-refractivity contribution in [2.75, 3.05) is 21.3 Å². The minimum Gasteiger partial charge on any atom is -0.504 e. The molecule has 0 fully saturated rings. The Hall–Kier alpha value is -3.75. The van der Waals surface area contributed by atoms with E-state index in [4.69, 9.17) is 18.6 Å². The van der Waals surface area contributed by atoms with Gasteiger partial charge in [0.2, 0.25) is 23.0 Å². The van der Waals surface area contributed by atoms with E-state index in [0.29, 0.717) is 22.8 Å². The van der Waals surface area contributed by atoms with E-state index in [-0.39, 0.29) is 5.76 Å². The van der Waals surface area contributed by atoms with Gasteiger partial charge in [0, 0.05) is 11.6 Å². The van der Waals surface area contributed by atoms with Crippen molar-refractivity contribution in [2.45, 2.75) is 0 Å². The van der Waals surface area contributed by atoms with Crippen LogP contribution in [0.25, 0.3) is 22.3 Å². The molecule has 0 aliphatic heterocycles. The average Bonchev–Trinajstić information content (AvgIpc) is 2.68. The Balaban J connectivity index is 2.35. The van der Waals surface area contributed by atoms with Crippen molar-refractivity contribution in [3.05, 3.63) is 28.4 Å². The van der Waals surface area contributed by atoms with Gasteiger partial charge in [-0.05, 0) is 12.1 Å². The van der Waals surface area contributed by atoms with Crippen LogP contribution in [0.5, 0.6) is 40.2 Å². The Labute approximate surface area is 152 Å². The second kappa shape index (κ2) is 6.52. The van der Waals surface area contributed by atoms with Crippen LogP contribution in [0.2, 0.25) is 0 Å². The average molecular weight is 376 g/mol. The zero-order valence-electron chi connectivity index (χ0n) is 14.6. The highest BCUT2D eigenvalue weighted by Crippen LogP contribution is 2.48. The number of phenolic OH excluding ortho intramolecular Hbond substituents is 4. The van der Waals surface area contributed by atoms with Crippen LogP contribution in [0.1, 0.15) is 0 Å². The highest BCUT2D eigenvalue weighted by atomic mass is 16.5. The van der Waals surface area contributed by atoms with Crippen molar-refractivity contribution in [1.29, 1.82) is 0 Å². The summed E-state index contributed by atoms with van der Waals surface area (Å²) in [6, 6.07) is 4.09. The lowest BCUT2D eigenvalue weighted by molar-refractivity contribution is 0.324. The standard InChI is InChI=1S/C18H16O9/c1-24-10-4-7(5-11(25-2)17(10)26-3)9-6-8(19)12-13(20)14(21)15(22)16(23)18(12)27-9/h4-6,20-23H,1-3H3. The molecule has 142 valence electrons. The molecule has 0 bridgehead atoms. The van der Waals surface area contributed by atoms with Crippen LogP contribution in [-0.2, 0) is 0 Å². The molecule has 0 aliphatic rings. The van der Waals surface area contributed by atoms with E-state index in [0.717, 1.165) is 6.07 Å². The summed E-state index contributed by atoms with van der Waals surface area (Å²) in [7, 11) is 4.27. The number of ether oxygens (including phenoxy) is 3. The Bertz CT molecular complexity index is 1070. The number of hydrogen-bond donors (Lipinski definition) is 4. The number of rotatable bonds is 4. The van der Waals surface area contributed by atoms with E-state index in [1.54, 1.807) is 0 Å². The molecule has 27 heavy (non-hydrogen) atoms. The fraction of sp³-hybridized carbons (Fsp3) is 0.167. The second-order valence-corrected chi connectivity index (χ2v) is 5.49. The molecule has 9 heteroatoms. The monoisotopic (exact) mass is 376 g/mol. The predicted molar refractivity (Wildman–Crippen MR) is 94.2 cm³/mol. The fourth-order valence-corrected chi connectivity index (χ4v) is 2.70. The lowest BCUT2D eigenvalue weighted by atomic mass is 10.1. The first kappa shape index (κ1) is 18.1. The zero-order valence-corrected chi connectivity index (χ0v) is 14.6. The summed E-state index contributed by atoms with van der Waals surface area (Å²) < 4.78 is 21.2. The van der Waals surface area contributed by atoms with Crippen molar-refractivity contribution >= 4 is 11.0 Å². The number of phenols is 4. The van der Waals surface area contributed by atoms with Gasteiger partial charge < -0.3 is 39.1 Å². The second-order valence-electron chi connectivity index (χ2n) is 5.49. The first-order chi connectivity index (χ1) is 12.8. The third kappa shape index (κ3) is 2.69. The molecular formula is C18H16O9. The highest BCUT2D eigenvalue weighted by Gasteiger charge is 2.24. The molecule has 1 heterocycles. The summed E-state index contributed by atoms with van der Waals surface area (Å²) >= 11 is 0. The van der Waals surface area contributed by atoms with Crippen LogP contribution in [0.4, 0.5) is 0 Å². The quantitative estimate of drug-likeness (QED) is 0.399.